The molecule has 1 aliphatic heterocycles. The molecule has 0 atom stereocenters. The Balaban J connectivity index is 2.29. The first-order chi connectivity index (χ1) is 10.8. The van der Waals surface area contributed by atoms with E-state index in [1.54, 1.807) is 0 Å². The van der Waals surface area contributed by atoms with Crippen LogP contribution in [0.5, 0.6) is 0 Å². The molecule has 1 saturated heterocycles. The van der Waals surface area contributed by atoms with E-state index in [2.05, 4.69) is 5.32 Å². The number of amides is 2. The van der Waals surface area contributed by atoms with Gasteiger partial charge in [0.05, 0.1) is 19.8 Å². The topological polar surface area (TPSA) is 119 Å². The molecule has 0 spiro atoms. The molecule has 0 bridgehead atoms. The highest BCUT2D eigenvalue weighted by molar-refractivity contribution is 7.89. The fourth-order valence-corrected chi connectivity index (χ4v) is 3.54. The summed E-state index contributed by atoms with van der Waals surface area (Å²) >= 11 is 0. The van der Waals surface area contributed by atoms with Crippen molar-refractivity contribution in [2.24, 2.45) is 5.73 Å². The molecule has 1 aromatic carbocycles. The fourth-order valence-electron chi connectivity index (χ4n) is 2.04. The van der Waals surface area contributed by atoms with E-state index in [-0.39, 0.29) is 31.9 Å². The van der Waals surface area contributed by atoms with E-state index >= 15 is 0 Å². The van der Waals surface area contributed by atoms with Crippen molar-refractivity contribution in [2.45, 2.75) is 4.90 Å². The number of sulfonamides is 1. The summed E-state index contributed by atoms with van der Waals surface area (Å²) in [6, 6.07) is 2.97. The summed E-state index contributed by atoms with van der Waals surface area (Å²) in [5.41, 5.74) is 4.83. The second-order valence-electron chi connectivity index (χ2n) is 4.81. The van der Waals surface area contributed by atoms with Gasteiger partial charge in [-0.2, -0.15) is 4.31 Å². The summed E-state index contributed by atoms with van der Waals surface area (Å²) in [4.78, 5) is 21.9. The van der Waals surface area contributed by atoms with Gasteiger partial charge in [-0.15, -0.1) is 0 Å². The lowest BCUT2D eigenvalue weighted by molar-refractivity contribution is -0.117. The lowest BCUT2D eigenvalue weighted by Gasteiger charge is -2.26. The molecule has 0 radical (unpaired) electrons. The molecule has 0 aromatic heterocycles. The number of hydrogen-bond donors (Lipinski definition) is 2. The summed E-state index contributed by atoms with van der Waals surface area (Å²) in [5.74, 6) is -2.42. The van der Waals surface area contributed by atoms with Gasteiger partial charge in [-0.1, -0.05) is 0 Å². The Labute approximate surface area is 132 Å². The van der Waals surface area contributed by atoms with E-state index in [1.807, 2.05) is 0 Å². The van der Waals surface area contributed by atoms with Crippen molar-refractivity contribution in [3.8, 4) is 0 Å². The van der Waals surface area contributed by atoms with Crippen LogP contribution in [0.1, 0.15) is 10.4 Å². The zero-order valence-corrected chi connectivity index (χ0v) is 12.9. The Morgan fingerprint density at radius 3 is 2.57 bits per heavy atom. The van der Waals surface area contributed by atoms with Gasteiger partial charge in [0.15, 0.2) is 0 Å². The van der Waals surface area contributed by atoms with Gasteiger partial charge in [0.1, 0.15) is 10.7 Å². The van der Waals surface area contributed by atoms with E-state index in [4.69, 9.17) is 10.5 Å². The number of ether oxygens (including phenoxy) is 1. The lowest BCUT2D eigenvalue weighted by Crippen LogP contribution is -2.41. The van der Waals surface area contributed by atoms with E-state index in [1.165, 1.54) is 0 Å². The average Bonchev–Trinajstić information content (AvgIpc) is 2.53. The molecule has 3 N–H and O–H groups in total. The number of carbonyl (C=O) groups excluding carboxylic acids is 2. The minimum absolute atomic E-state index is 0.0838. The number of primary amides is 1. The van der Waals surface area contributed by atoms with Crippen LogP contribution in [0.2, 0.25) is 0 Å². The van der Waals surface area contributed by atoms with Gasteiger partial charge in [0.2, 0.25) is 15.9 Å². The van der Waals surface area contributed by atoms with Crippen molar-refractivity contribution in [2.75, 3.05) is 32.8 Å². The quantitative estimate of drug-likeness (QED) is 0.714. The van der Waals surface area contributed by atoms with Crippen LogP contribution in [0.25, 0.3) is 0 Å². The van der Waals surface area contributed by atoms with Crippen molar-refractivity contribution in [3.05, 3.63) is 29.6 Å². The van der Waals surface area contributed by atoms with Crippen molar-refractivity contribution in [1.29, 1.82) is 0 Å². The van der Waals surface area contributed by atoms with E-state index in [9.17, 15) is 22.4 Å². The summed E-state index contributed by atoms with van der Waals surface area (Å²) in [6.45, 7) is 0.265. The number of rotatable bonds is 5. The van der Waals surface area contributed by atoms with Crippen LogP contribution in [0.3, 0.4) is 0 Å². The van der Waals surface area contributed by atoms with Gasteiger partial charge in [-0.25, -0.2) is 12.8 Å². The van der Waals surface area contributed by atoms with Crippen LogP contribution >= 0.6 is 0 Å². The molecule has 1 heterocycles. The molecule has 126 valence electrons. The van der Waals surface area contributed by atoms with Crippen LogP contribution in [0.15, 0.2) is 23.1 Å². The number of carbonyl (C=O) groups is 2. The number of halogens is 1. The molecule has 1 fully saturated rings. The van der Waals surface area contributed by atoms with Gasteiger partial charge in [0, 0.05) is 18.7 Å². The van der Waals surface area contributed by atoms with Crippen molar-refractivity contribution < 1.29 is 27.1 Å². The fraction of sp³-hybridized carbons (Fsp3) is 0.385. The van der Waals surface area contributed by atoms with E-state index in [0.717, 1.165) is 22.5 Å². The average molecular weight is 345 g/mol. The highest BCUT2D eigenvalue weighted by Gasteiger charge is 2.29. The number of nitrogens with one attached hydrogen (secondary N) is 1. The number of hydrogen-bond acceptors (Lipinski definition) is 5. The molecule has 2 rings (SSSR count). The summed E-state index contributed by atoms with van der Waals surface area (Å²) in [5, 5.41) is 2.21. The maximum absolute atomic E-state index is 14.0. The normalized spacial score (nSPS) is 16.0. The first-order valence-corrected chi connectivity index (χ1v) is 8.20. The third-order valence-electron chi connectivity index (χ3n) is 3.20. The Morgan fingerprint density at radius 2 is 1.96 bits per heavy atom. The number of morpholine rings is 1. The SMILES string of the molecule is NC(=O)CNC(=O)c1ccc(F)c(S(=O)(=O)N2CCOCC2)c1. The Bertz CT molecular complexity index is 716. The molecule has 10 heteroatoms. The second-order valence-corrected chi connectivity index (χ2v) is 6.72. The highest BCUT2D eigenvalue weighted by atomic mass is 32.2. The minimum atomic E-state index is -4.07. The molecule has 23 heavy (non-hydrogen) atoms. The maximum Gasteiger partial charge on any atom is 0.251 e. The summed E-state index contributed by atoms with van der Waals surface area (Å²) < 4.78 is 45.1. The van der Waals surface area contributed by atoms with E-state index in [0.29, 0.717) is 0 Å². The molecule has 0 saturated carbocycles. The Morgan fingerprint density at radius 1 is 1.30 bits per heavy atom. The third-order valence-corrected chi connectivity index (χ3v) is 5.12. The number of benzene rings is 1. The van der Waals surface area contributed by atoms with Gasteiger partial charge < -0.3 is 15.8 Å². The van der Waals surface area contributed by atoms with Crippen molar-refractivity contribution in [3.63, 3.8) is 0 Å². The highest BCUT2D eigenvalue weighted by Crippen LogP contribution is 2.21. The monoisotopic (exact) mass is 345 g/mol. The first kappa shape index (κ1) is 17.3. The van der Waals surface area contributed by atoms with Crippen LogP contribution in [0, 0.1) is 5.82 Å². The summed E-state index contributed by atoms with van der Waals surface area (Å²) in [7, 11) is -4.07. The van der Waals surface area contributed by atoms with E-state index < -0.39 is 39.1 Å². The van der Waals surface area contributed by atoms with Crippen molar-refractivity contribution in [1.82, 2.24) is 9.62 Å². The molecule has 8 nitrogen and oxygen atoms in total. The molecule has 1 aromatic rings. The molecular weight excluding hydrogens is 329 g/mol. The maximum atomic E-state index is 14.0. The van der Waals surface area contributed by atoms with Gasteiger partial charge in [-0.3, -0.25) is 9.59 Å². The van der Waals surface area contributed by atoms with Crippen LogP contribution in [0.4, 0.5) is 4.39 Å². The zero-order chi connectivity index (χ0) is 17.0. The van der Waals surface area contributed by atoms with Crippen LogP contribution in [-0.4, -0.2) is 57.4 Å². The lowest BCUT2D eigenvalue weighted by atomic mass is 10.2. The van der Waals surface area contributed by atoms with Crippen LogP contribution < -0.4 is 11.1 Å². The smallest absolute Gasteiger partial charge is 0.251 e. The molecule has 1 aliphatic rings. The third kappa shape index (κ3) is 4.03. The predicted molar refractivity (Wildman–Crippen MR) is 77.5 cm³/mol. The molecule has 0 aliphatic carbocycles. The second kappa shape index (κ2) is 7.02. The van der Waals surface area contributed by atoms with Gasteiger partial charge >= 0.3 is 0 Å². The Kier molecular flexibility index (Phi) is 5.29. The first-order valence-electron chi connectivity index (χ1n) is 6.76. The van der Waals surface area contributed by atoms with Crippen molar-refractivity contribution >= 4 is 21.8 Å². The summed E-state index contributed by atoms with van der Waals surface area (Å²) in [6.07, 6.45) is 0. The number of nitrogens with zero attached hydrogens (tertiary/aromatic N) is 1. The van der Waals surface area contributed by atoms with Gasteiger partial charge in [0.25, 0.3) is 5.91 Å². The molecule has 2 amide bonds. The molecule has 0 unspecified atom stereocenters. The molecular formula is C13H16FN3O5S. The van der Waals surface area contributed by atoms with Crippen LogP contribution in [-0.2, 0) is 19.6 Å². The largest absolute Gasteiger partial charge is 0.379 e. The van der Waals surface area contributed by atoms with Gasteiger partial charge in [-0.05, 0) is 18.2 Å². The Hall–Kier alpha value is -2.04. The number of nitrogens with two attached hydrogens (primary N) is 1. The standard InChI is InChI=1S/C13H16FN3O5S/c14-10-2-1-9(13(19)16-8-12(15)18)7-11(10)23(20,21)17-3-5-22-6-4-17/h1-2,7H,3-6,8H2,(H2,15,18)(H,16,19). The zero-order valence-electron chi connectivity index (χ0n) is 12.1. The predicted octanol–water partition coefficient (Wildman–Crippen LogP) is -0.938. The minimum Gasteiger partial charge on any atom is -0.379 e.